The molecule has 0 N–H and O–H groups in total. The molecule has 0 atom stereocenters. The minimum absolute atomic E-state index is 0.0937. The van der Waals surface area contributed by atoms with Crippen LogP contribution in [-0.4, -0.2) is 12.7 Å². The Hall–Kier alpha value is -3.55. The van der Waals surface area contributed by atoms with Crippen molar-refractivity contribution in [1.82, 2.24) is 0 Å². The smallest absolute Gasteiger partial charge is 0.407 e. The van der Waals surface area contributed by atoms with Gasteiger partial charge in [0.05, 0.1) is 24.2 Å². The van der Waals surface area contributed by atoms with E-state index in [0.717, 1.165) is 24.3 Å². The summed E-state index contributed by atoms with van der Waals surface area (Å²) >= 11 is 0. The number of hydrogen-bond acceptors (Lipinski definition) is 2. The van der Waals surface area contributed by atoms with Crippen molar-refractivity contribution in [3.05, 3.63) is 82.9 Å². The molecule has 1 aromatic heterocycles. The van der Waals surface area contributed by atoms with Crippen LogP contribution in [0.25, 0.3) is 16.2 Å². The summed E-state index contributed by atoms with van der Waals surface area (Å²) in [6.07, 6.45) is -9.72. The van der Waals surface area contributed by atoms with E-state index >= 15 is 0 Å². The Morgan fingerprint density at radius 2 is 1.62 bits per heavy atom. The average molecular weight is 460 g/mol. The molecule has 0 saturated carbocycles. The van der Waals surface area contributed by atoms with Gasteiger partial charge in [-0.15, -0.1) is 0 Å². The third-order valence-electron chi connectivity index (χ3n) is 4.35. The van der Waals surface area contributed by atoms with E-state index in [1.807, 2.05) is 0 Å². The van der Waals surface area contributed by atoms with Gasteiger partial charge < -0.3 is 9.32 Å². The fourth-order valence-electron chi connectivity index (χ4n) is 2.99. The first-order valence-corrected chi connectivity index (χ1v) is 8.82. The predicted molar refractivity (Wildman–Crippen MR) is 98.9 cm³/mol. The van der Waals surface area contributed by atoms with Crippen LogP contribution in [0.5, 0.6) is 0 Å². The van der Waals surface area contributed by atoms with E-state index in [-0.39, 0.29) is 17.1 Å². The lowest BCUT2D eigenvalue weighted by molar-refractivity contribution is -0.136. The number of anilines is 1. The van der Waals surface area contributed by atoms with Gasteiger partial charge in [0.2, 0.25) is 0 Å². The number of nitrogens with zero attached hydrogens (tertiary/aromatic N) is 2. The molecule has 3 nitrogen and oxygen atoms in total. The first-order chi connectivity index (χ1) is 14.9. The zero-order valence-corrected chi connectivity index (χ0v) is 15.9. The van der Waals surface area contributed by atoms with Crippen LogP contribution in [-0.2, 0) is 12.7 Å². The number of halogens is 8. The molecule has 1 heterocycles. The number of benzene rings is 2. The Balaban J connectivity index is 1.97. The van der Waals surface area contributed by atoms with Crippen molar-refractivity contribution in [3.63, 3.8) is 0 Å². The summed E-state index contributed by atoms with van der Waals surface area (Å²) in [5.41, 5.74) is -2.69. The van der Waals surface area contributed by atoms with Crippen LogP contribution in [0.4, 0.5) is 46.5 Å². The van der Waals surface area contributed by atoms with Crippen molar-refractivity contribution in [2.75, 3.05) is 11.4 Å². The standard InChI is InChI=1S/C21H12F8N2O/c1-30-18-6-3-13(9-16(18)21(27,28)29)31(11-20(24,25)26)10-14-4-7-19(32-14)15-5-2-12(22)8-17(15)23/h2-9H,10-11H2. The van der Waals surface area contributed by atoms with Crippen LogP contribution in [0, 0.1) is 18.2 Å². The topological polar surface area (TPSA) is 20.7 Å². The van der Waals surface area contributed by atoms with Crippen LogP contribution in [0.1, 0.15) is 11.3 Å². The second-order valence-corrected chi connectivity index (χ2v) is 6.67. The lowest BCUT2D eigenvalue weighted by Crippen LogP contribution is -2.33. The summed E-state index contributed by atoms with van der Waals surface area (Å²) in [6, 6.07) is 7.36. The Morgan fingerprint density at radius 1 is 0.906 bits per heavy atom. The fourth-order valence-corrected chi connectivity index (χ4v) is 2.99. The van der Waals surface area contributed by atoms with Crippen molar-refractivity contribution < 1.29 is 39.5 Å². The summed E-state index contributed by atoms with van der Waals surface area (Å²) in [6.45, 7) is 4.63. The Morgan fingerprint density at radius 3 is 2.22 bits per heavy atom. The third-order valence-corrected chi connectivity index (χ3v) is 4.35. The van der Waals surface area contributed by atoms with E-state index in [0.29, 0.717) is 17.0 Å². The van der Waals surface area contributed by atoms with E-state index in [9.17, 15) is 35.1 Å². The van der Waals surface area contributed by atoms with E-state index in [1.165, 1.54) is 12.1 Å². The highest BCUT2D eigenvalue weighted by molar-refractivity contribution is 5.63. The van der Waals surface area contributed by atoms with Gasteiger partial charge in [-0.2, -0.15) is 26.3 Å². The second kappa shape index (κ2) is 8.53. The first kappa shape index (κ1) is 23.1. The molecule has 3 rings (SSSR count). The SMILES string of the molecule is [C-]#[N+]c1ccc(N(Cc2ccc(-c3ccc(F)cc3F)o2)CC(F)(F)F)cc1C(F)(F)F. The molecule has 0 aliphatic carbocycles. The number of alkyl halides is 6. The molecular weight excluding hydrogens is 448 g/mol. The minimum Gasteiger partial charge on any atom is -0.459 e. The van der Waals surface area contributed by atoms with Gasteiger partial charge in [0.1, 0.15) is 29.7 Å². The molecule has 0 bridgehead atoms. The fraction of sp³-hybridized carbons (Fsp3) is 0.190. The van der Waals surface area contributed by atoms with Crippen molar-refractivity contribution in [1.29, 1.82) is 0 Å². The Labute approximate surface area is 176 Å². The molecule has 0 unspecified atom stereocenters. The molecular formula is C21H12F8N2O. The normalized spacial score (nSPS) is 12.0. The van der Waals surface area contributed by atoms with Crippen LogP contribution in [0.2, 0.25) is 0 Å². The van der Waals surface area contributed by atoms with Gasteiger partial charge in [0.25, 0.3) is 0 Å². The molecule has 3 aromatic rings. The average Bonchev–Trinajstić information content (AvgIpc) is 3.13. The minimum atomic E-state index is -4.95. The van der Waals surface area contributed by atoms with Gasteiger partial charge in [-0.3, -0.25) is 0 Å². The molecule has 168 valence electrons. The van der Waals surface area contributed by atoms with Gasteiger partial charge in [-0.25, -0.2) is 13.6 Å². The summed E-state index contributed by atoms with van der Waals surface area (Å²) < 4.78 is 111. The summed E-state index contributed by atoms with van der Waals surface area (Å²) in [5, 5.41) is 0. The molecule has 0 amide bonds. The number of furan rings is 1. The van der Waals surface area contributed by atoms with Crippen LogP contribution in [0.15, 0.2) is 52.9 Å². The Kier molecular flexibility index (Phi) is 6.16. The lowest BCUT2D eigenvalue weighted by atomic mass is 10.1. The maximum Gasteiger partial charge on any atom is 0.407 e. The van der Waals surface area contributed by atoms with Gasteiger partial charge in [-0.1, -0.05) is 6.07 Å². The first-order valence-electron chi connectivity index (χ1n) is 8.82. The third kappa shape index (κ3) is 5.38. The second-order valence-electron chi connectivity index (χ2n) is 6.67. The molecule has 0 aliphatic heterocycles. The molecule has 0 radical (unpaired) electrons. The van der Waals surface area contributed by atoms with Crippen molar-refractivity contribution in [3.8, 4) is 11.3 Å². The zero-order valence-electron chi connectivity index (χ0n) is 15.9. The quantitative estimate of drug-likeness (QED) is 0.293. The highest BCUT2D eigenvalue weighted by Gasteiger charge is 2.36. The van der Waals surface area contributed by atoms with Crippen LogP contribution >= 0.6 is 0 Å². The summed E-state index contributed by atoms with van der Waals surface area (Å²) in [7, 11) is 0. The van der Waals surface area contributed by atoms with Gasteiger partial charge in [0.15, 0.2) is 5.69 Å². The molecule has 0 spiro atoms. The van der Waals surface area contributed by atoms with Crippen LogP contribution in [0.3, 0.4) is 0 Å². The van der Waals surface area contributed by atoms with E-state index in [1.54, 1.807) is 0 Å². The van der Waals surface area contributed by atoms with Gasteiger partial charge in [-0.05, 0) is 36.4 Å². The molecule has 32 heavy (non-hydrogen) atoms. The highest BCUT2D eigenvalue weighted by Crippen LogP contribution is 2.39. The monoisotopic (exact) mass is 460 g/mol. The highest BCUT2D eigenvalue weighted by atomic mass is 19.4. The van der Waals surface area contributed by atoms with E-state index < -0.39 is 54.0 Å². The largest absolute Gasteiger partial charge is 0.459 e. The predicted octanol–water partition coefficient (Wildman–Crippen LogP) is 7.36. The summed E-state index contributed by atoms with van der Waals surface area (Å²) in [4.78, 5) is 3.35. The number of rotatable bonds is 5. The van der Waals surface area contributed by atoms with Crippen LogP contribution < -0.4 is 4.90 Å². The number of hydrogen-bond donors (Lipinski definition) is 0. The van der Waals surface area contributed by atoms with Crippen molar-refractivity contribution >= 4 is 11.4 Å². The van der Waals surface area contributed by atoms with Crippen molar-refractivity contribution in [2.24, 2.45) is 0 Å². The Bertz CT molecular complexity index is 1160. The maximum atomic E-state index is 13.9. The molecule has 0 saturated heterocycles. The summed E-state index contributed by atoms with van der Waals surface area (Å²) in [5.74, 6) is -1.99. The molecule has 11 heteroatoms. The molecule has 2 aromatic carbocycles. The van der Waals surface area contributed by atoms with Gasteiger partial charge >= 0.3 is 12.4 Å². The lowest BCUT2D eigenvalue weighted by Gasteiger charge is -2.26. The van der Waals surface area contributed by atoms with E-state index in [2.05, 4.69) is 4.85 Å². The maximum absolute atomic E-state index is 13.9. The van der Waals surface area contributed by atoms with Crippen molar-refractivity contribution in [2.45, 2.75) is 18.9 Å². The molecule has 0 aliphatic rings. The van der Waals surface area contributed by atoms with Gasteiger partial charge in [0, 0.05) is 11.8 Å². The zero-order chi connectivity index (χ0) is 23.7. The molecule has 0 fully saturated rings. The van der Waals surface area contributed by atoms with E-state index in [4.69, 9.17) is 11.0 Å².